The van der Waals surface area contributed by atoms with Gasteiger partial charge in [0.05, 0.1) is 4.92 Å². The van der Waals surface area contributed by atoms with Crippen LogP contribution in [0.1, 0.15) is 39.0 Å². The number of hydrogen-bond acceptors (Lipinski definition) is 6. The zero-order chi connectivity index (χ0) is 14.5. The van der Waals surface area contributed by atoms with Gasteiger partial charge in [0.2, 0.25) is 5.82 Å². The zero-order valence-electron chi connectivity index (χ0n) is 11.6. The minimum absolute atomic E-state index is 0.0216. The van der Waals surface area contributed by atoms with Gasteiger partial charge in [-0.05, 0) is 31.7 Å². The average molecular weight is 279 g/mol. The van der Waals surface area contributed by atoms with Gasteiger partial charge in [-0.1, -0.05) is 19.3 Å². The van der Waals surface area contributed by atoms with Gasteiger partial charge in [-0.3, -0.25) is 10.1 Å². The van der Waals surface area contributed by atoms with Gasteiger partial charge in [0, 0.05) is 12.1 Å². The van der Waals surface area contributed by atoms with E-state index in [1.807, 2.05) is 0 Å². The Kier molecular flexibility index (Phi) is 4.73. The third-order valence-corrected chi connectivity index (χ3v) is 3.94. The summed E-state index contributed by atoms with van der Waals surface area (Å²) in [5, 5.41) is 14.2. The molecule has 2 rings (SSSR count). The summed E-state index contributed by atoms with van der Waals surface area (Å²) in [6.07, 6.45) is 6.08. The average Bonchev–Trinajstić information content (AvgIpc) is 2.47. The summed E-state index contributed by atoms with van der Waals surface area (Å²) in [6.45, 7) is 2.06. The predicted molar refractivity (Wildman–Crippen MR) is 78.4 cm³/mol. The third-order valence-electron chi connectivity index (χ3n) is 3.94. The first-order valence-electron chi connectivity index (χ1n) is 7.00. The van der Waals surface area contributed by atoms with Crippen LogP contribution >= 0.6 is 0 Å². The quantitative estimate of drug-likeness (QED) is 0.434. The second kappa shape index (κ2) is 6.51. The minimum Gasteiger partial charge on any atom is -0.362 e. The molecule has 1 heterocycles. The van der Waals surface area contributed by atoms with Crippen molar-refractivity contribution in [2.75, 3.05) is 10.7 Å². The first-order valence-corrected chi connectivity index (χ1v) is 7.00. The van der Waals surface area contributed by atoms with Gasteiger partial charge in [0.1, 0.15) is 5.82 Å². The van der Waals surface area contributed by atoms with Crippen LogP contribution < -0.4 is 16.6 Å². The maximum atomic E-state index is 11.1. The van der Waals surface area contributed by atoms with Crippen LogP contribution in [0.4, 0.5) is 17.3 Å². The third kappa shape index (κ3) is 3.36. The van der Waals surface area contributed by atoms with E-state index >= 15 is 0 Å². The molecule has 4 N–H and O–H groups in total. The molecule has 0 spiro atoms. The number of hydrogen-bond donors (Lipinski definition) is 3. The van der Waals surface area contributed by atoms with E-state index in [1.54, 1.807) is 0 Å². The van der Waals surface area contributed by atoms with Crippen molar-refractivity contribution in [3.05, 3.63) is 22.2 Å². The number of hydrazine groups is 1. The Morgan fingerprint density at radius 3 is 2.70 bits per heavy atom. The van der Waals surface area contributed by atoms with E-state index in [2.05, 4.69) is 22.7 Å². The highest BCUT2D eigenvalue weighted by atomic mass is 16.6. The molecule has 20 heavy (non-hydrogen) atoms. The van der Waals surface area contributed by atoms with Gasteiger partial charge < -0.3 is 10.7 Å². The van der Waals surface area contributed by atoms with Crippen LogP contribution in [0.25, 0.3) is 0 Å². The second-order valence-corrected chi connectivity index (χ2v) is 5.30. The molecule has 0 radical (unpaired) electrons. The Bertz CT molecular complexity index is 474. The van der Waals surface area contributed by atoms with Crippen LogP contribution in [0.3, 0.4) is 0 Å². The van der Waals surface area contributed by atoms with Crippen LogP contribution in [0.2, 0.25) is 0 Å². The number of nitro groups is 1. The molecule has 0 aliphatic heterocycles. The second-order valence-electron chi connectivity index (χ2n) is 5.30. The fourth-order valence-electron chi connectivity index (χ4n) is 2.75. The maximum absolute atomic E-state index is 11.1. The largest absolute Gasteiger partial charge is 0.362 e. The fourth-order valence-corrected chi connectivity index (χ4v) is 2.75. The van der Waals surface area contributed by atoms with Crippen molar-refractivity contribution in [2.24, 2.45) is 11.8 Å². The SMILES string of the molecule is CC(Nc1nc(NN)ccc1[N+](=O)[O-])C1CCCCC1. The Hall–Kier alpha value is -1.89. The summed E-state index contributed by atoms with van der Waals surface area (Å²) < 4.78 is 0. The van der Waals surface area contributed by atoms with Gasteiger partial charge in [0.25, 0.3) is 0 Å². The molecule has 1 aromatic heterocycles. The summed E-state index contributed by atoms with van der Waals surface area (Å²) in [5.41, 5.74) is 2.39. The Labute approximate surface area is 118 Å². The molecule has 1 aliphatic rings. The molecule has 1 fully saturated rings. The molecule has 1 unspecified atom stereocenters. The van der Waals surface area contributed by atoms with Gasteiger partial charge >= 0.3 is 5.69 Å². The lowest BCUT2D eigenvalue weighted by atomic mass is 9.84. The Balaban J connectivity index is 2.15. The van der Waals surface area contributed by atoms with Crippen molar-refractivity contribution in [1.29, 1.82) is 0 Å². The number of nitrogen functional groups attached to an aromatic ring is 1. The van der Waals surface area contributed by atoms with E-state index in [4.69, 9.17) is 5.84 Å². The van der Waals surface area contributed by atoms with E-state index in [9.17, 15) is 10.1 Å². The van der Waals surface area contributed by atoms with Gasteiger partial charge in [-0.2, -0.15) is 0 Å². The molecular formula is C13H21N5O2. The minimum atomic E-state index is -0.427. The summed E-state index contributed by atoms with van der Waals surface area (Å²) in [6, 6.07) is 3.07. The molecule has 1 aromatic rings. The van der Waals surface area contributed by atoms with Gasteiger partial charge in [-0.15, -0.1) is 0 Å². The topological polar surface area (TPSA) is 106 Å². The van der Waals surface area contributed by atoms with E-state index in [0.29, 0.717) is 11.7 Å². The normalized spacial score (nSPS) is 17.5. The molecule has 0 saturated heterocycles. The summed E-state index contributed by atoms with van der Waals surface area (Å²) >= 11 is 0. The van der Waals surface area contributed by atoms with Crippen molar-refractivity contribution >= 4 is 17.3 Å². The molecule has 1 aliphatic carbocycles. The molecule has 0 amide bonds. The zero-order valence-corrected chi connectivity index (χ0v) is 11.6. The fraction of sp³-hybridized carbons (Fsp3) is 0.615. The van der Waals surface area contributed by atoms with Crippen LogP contribution in [0.15, 0.2) is 12.1 Å². The van der Waals surface area contributed by atoms with E-state index in [0.717, 1.165) is 12.8 Å². The molecule has 110 valence electrons. The van der Waals surface area contributed by atoms with Gasteiger partial charge in [0.15, 0.2) is 0 Å². The Morgan fingerprint density at radius 2 is 2.10 bits per heavy atom. The van der Waals surface area contributed by atoms with Crippen molar-refractivity contribution in [1.82, 2.24) is 4.98 Å². The first kappa shape index (κ1) is 14.5. The number of nitrogens with zero attached hydrogens (tertiary/aromatic N) is 2. The number of nitrogens with one attached hydrogen (secondary N) is 2. The van der Waals surface area contributed by atoms with Crippen LogP contribution in [0.5, 0.6) is 0 Å². The Morgan fingerprint density at radius 1 is 1.40 bits per heavy atom. The van der Waals surface area contributed by atoms with Gasteiger partial charge in [-0.25, -0.2) is 10.8 Å². The van der Waals surface area contributed by atoms with Crippen molar-refractivity contribution in [2.45, 2.75) is 45.1 Å². The monoisotopic (exact) mass is 279 g/mol. The lowest BCUT2D eigenvalue weighted by molar-refractivity contribution is -0.384. The predicted octanol–water partition coefficient (Wildman–Crippen LogP) is 2.66. The number of pyridine rings is 1. The van der Waals surface area contributed by atoms with Crippen LogP contribution in [-0.4, -0.2) is 15.9 Å². The van der Waals surface area contributed by atoms with Crippen LogP contribution in [-0.2, 0) is 0 Å². The lowest BCUT2D eigenvalue weighted by Gasteiger charge is -2.28. The van der Waals surface area contributed by atoms with Crippen molar-refractivity contribution in [3.8, 4) is 0 Å². The molecule has 1 saturated carbocycles. The standard InChI is InChI=1S/C13H21N5O2/c1-9(10-5-3-2-4-6-10)15-13-11(18(19)20)7-8-12(16-13)17-14/h7-10H,2-6,14H2,1H3,(H2,15,16,17). The van der Waals surface area contributed by atoms with E-state index in [1.165, 1.54) is 31.4 Å². The van der Waals surface area contributed by atoms with Crippen molar-refractivity contribution < 1.29 is 4.92 Å². The van der Waals surface area contributed by atoms with E-state index in [-0.39, 0.29) is 17.5 Å². The summed E-state index contributed by atoms with van der Waals surface area (Å²) in [4.78, 5) is 14.8. The molecule has 0 aromatic carbocycles. The smallest absolute Gasteiger partial charge is 0.311 e. The molecule has 1 atom stereocenters. The van der Waals surface area contributed by atoms with Crippen molar-refractivity contribution in [3.63, 3.8) is 0 Å². The number of anilines is 2. The number of nitrogens with two attached hydrogens (primary N) is 1. The molecule has 7 heteroatoms. The highest BCUT2D eigenvalue weighted by molar-refractivity contribution is 5.60. The molecule has 7 nitrogen and oxygen atoms in total. The summed E-state index contributed by atoms with van der Waals surface area (Å²) in [5.74, 6) is 6.54. The molecular weight excluding hydrogens is 258 g/mol. The maximum Gasteiger partial charge on any atom is 0.311 e. The highest BCUT2D eigenvalue weighted by Gasteiger charge is 2.23. The lowest BCUT2D eigenvalue weighted by Crippen LogP contribution is -2.28. The highest BCUT2D eigenvalue weighted by Crippen LogP contribution is 2.30. The number of aromatic nitrogens is 1. The van der Waals surface area contributed by atoms with E-state index < -0.39 is 4.92 Å². The first-order chi connectivity index (χ1) is 9.61. The van der Waals surface area contributed by atoms with Crippen LogP contribution in [0, 0.1) is 16.0 Å². The summed E-state index contributed by atoms with van der Waals surface area (Å²) in [7, 11) is 0. The number of rotatable bonds is 5. The molecule has 0 bridgehead atoms.